The molecule has 5 nitrogen and oxygen atoms in total. The van der Waals surface area contributed by atoms with E-state index in [1.165, 1.54) is 0 Å². The van der Waals surface area contributed by atoms with Crippen molar-refractivity contribution in [2.75, 3.05) is 5.32 Å². The Labute approximate surface area is 148 Å². The second kappa shape index (κ2) is 9.47. The van der Waals surface area contributed by atoms with Crippen molar-refractivity contribution in [2.45, 2.75) is 32.9 Å². The average molecular weight is 340 g/mol. The molecule has 2 amide bonds. The van der Waals surface area contributed by atoms with Gasteiger partial charge < -0.3 is 15.4 Å². The summed E-state index contributed by atoms with van der Waals surface area (Å²) in [7, 11) is 0. The van der Waals surface area contributed by atoms with Crippen LogP contribution < -0.4 is 10.6 Å². The third-order valence-corrected chi connectivity index (χ3v) is 3.55. The van der Waals surface area contributed by atoms with Gasteiger partial charge in [0, 0.05) is 5.69 Å². The molecule has 0 saturated carbocycles. The molecule has 5 heteroatoms. The lowest BCUT2D eigenvalue weighted by molar-refractivity contribution is -0.147. The van der Waals surface area contributed by atoms with E-state index in [2.05, 4.69) is 10.6 Å². The number of urea groups is 1. The van der Waals surface area contributed by atoms with Crippen molar-refractivity contribution in [2.24, 2.45) is 5.92 Å². The van der Waals surface area contributed by atoms with Gasteiger partial charge in [-0.15, -0.1) is 0 Å². The van der Waals surface area contributed by atoms with Crippen LogP contribution in [0.5, 0.6) is 0 Å². The number of rotatable bonds is 7. The van der Waals surface area contributed by atoms with Crippen LogP contribution in [0.1, 0.15) is 25.8 Å². The zero-order chi connectivity index (χ0) is 18.1. The van der Waals surface area contributed by atoms with Gasteiger partial charge in [0.1, 0.15) is 12.6 Å². The summed E-state index contributed by atoms with van der Waals surface area (Å²) >= 11 is 0. The van der Waals surface area contributed by atoms with E-state index in [0.29, 0.717) is 12.1 Å². The quantitative estimate of drug-likeness (QED) is 0.750. The summed E-state index contributed by atoms with van der Waals surface area (Å²) in [6, 6.07) is 17.4. The standard InChI is InChI=1S/C20H24N2O3/c1-15(2)13-18(19(23)25-14-16-9-5-3-6-10-16)22-20(24)21-17-11-7-4-8-12-17/h3-12,15,18H,13-14H2,1-2H3,(H2,21,22,24). The van der Waals surface area contributed by atoms with Gasteiger partial charge in [-0.25, -0.2) is 9.59 Å². The molecular formula is C20H24N2O3. The van der Waals surface area contributed by atoms with Gasteiger partial charge in [0.15, 0.2) is 0 Å². The first-order valence-electron chi connectivity index (χ1n) is 8.37. The number of hydrogen-bond donors (Lipinski definition) is 2. The van der Waals surface area contributed by atoms with E-state index in [9.17, 15) is 9.59 Å². The van der Waals surface area contributed by atoms with E-state index in [1.807, 2.05) is 62.4 Å². The molecule has 0 aromatic heterocycles. The Bertz CT molecular complexity index is 672. The minimum absolute atomic E-state index is 0.191. The Balaban J connectivity index is 1.92. The molecule has 0 aliphatic carbocycles. The molecule has 0 bridgehead atoms. The molecule has 0 aliphatic rings. The molecule has 0 radical (unpaired) electrons. The molecule has 132 valence electrons. The number of ether oxygens (including phenoxy) is 1. The van der Waals surface area contributed by atoms with Crippen molar-refractivity contribution in [3.05, 3.63) is 66.2 Å². The highest BCUT2D eigenvalue weighted by Crippen LogP contribution is 2.10. The zero-order valence-corrected chi connectivity index (χ0v) is 14.6. The summed E-state index contributed by atoms with van der Waals surface area (Å²) in [6.07, 6.45) is 0.510. The lowest BCUT2D eigenvalue weighted by Crippen LogP contribution is -2.44. The summed E-state index contributed by atoms with van der Waals surface area (Å²) in [5.74, 6) is -0.188. The predicted molar refractivity (Wildman–Crippen MR) is 98.1 cm³/mol. The second-order valence-corrected chi connectivity index (χ2v) is 6.24. The molecule has 2 aromatic carbocycles. The van der Waals surface area contributed by atoms with E-state index in [-0.39, 0.29) is 12.5 Å². The molecule has 1 atom stereocenters. The van der Waals surface area contributed by atoms with Crippen molar-refractivity contribution in [1.29, 1.82) is 0 Å². The first-order chi connectivity index (χ1) is 12.0. The third kappa shape index (κ3) is 6.67. The van der Waals surface area contributed by atoms with E-state index in [4.69, 9.17) is 4.74 Å². The first-order valence-corrected chi connectivity index (χ1v) is 8.37. The SMILES string of the molecule is CC(C)CC(NC(=O)Nc1ccccc1)C(=O)OCc1ccccc1. The molecule has 0 spiro atoms. The number of carbonyl (C=O) groups excluding carboxylic acids is 2. The minimum Gasteiger partial charge on any atom is -0.459 e. The molecular weight excluding hydrogens is 316 g/mol. The molecule has 0 heterocycles. The summed E-state index contributed by atoms with van der Waals surface area (Å²) in [5.41, 5.74) is 1.58. The monoisotopic (exact) mass is 340 g/mol. The number of nitrogens with one attached hydrogen (secondary N) is 2. The van der Waals surface area contributed by atoms with Gasteiger partial charge in [-0.05, 0) is 30.0 Å². The molecule has 0 saturated heterocycles. The highest BCUT2D eigenvalue weighted by atomic mass is 16.5. The van der Waals surface area contributed by atoms with Crippen molar-refractivity contribution in [1.82, 2.24) is 5.32 Å². The third-order valence-electron chi connectivity index (χ3n) is 3.55. The van der Waals surface area contributed by atoms with Crippen LogP contribution in [0.15, 0.2) is 60.7 Å². The summed E-state index contributed by atoms with van der Waals surface area (Å²) in [5, 5.41) is 5.42. The molecule has 2 rings (SSSR count). The highest BCUT2D eigenvalue weighted by Gasteiger charge is 2.23. The summed E-state index contributed by atoms with van der Waals surface area (Å²) in [4.78, 5) is 24.5. The van der Waals surface area contributed by atoms with Gasteiger partial charge in [0.2, 0.25) is 0 Å². The van der Waals surface area contributed by atoms with Crippen molar-refractivity contribution in [3.63, 3.8) is 0 Å². The molecule has 1 unspecified atom stereocenters. The number of esters is 1. The van der Waals surface area contributed by atoms with Crippen LogP contribution in [0.25, 0.3) is 0 Å². The zero-order valence-electron chi connectivity index (χ0n) is 14.6. The van der Waals surface area contributed by atoms with Gasteiger partial charge in [-0.3, -0.25) is 0 Å². The predicted octanol–water partition coefficient (Wildman–Crippen LogP) is 3.97. The first kappa shape index (κ1) is 18.5. The fourth-order valence-electron chi connectivity index (χ4n) is 2.36. The Morgan fingerprint density at radius 3 is 2.16 bits per heavy atom. The Hall–Kier alpha value is -2.82. The van der Waals surface area contributed by atoms with Crippen LogP contribution in [0, 0.1) is 5.92 Å². The van der Waals surface area contributed by atoms with Crippen LogP contribution in [0.2, 0.25) is 0 Å². The molecule has 2 N–H and O–H groups in total. The normalized spacial score (nSPS) is 11.6. The Morgan fingerprint density at radius 2 is 1.56 bits per heavy atom. The maximum atomic E-state index is 12.4. The fraction of sp³-hybridized carbons (Fsp3) is 0.300. The van der Waals surface area contributed by atoms with Crippen LogP contribution in [-0.2, 0) is 16.1 Å². The van der Waals surface area contributed by atoms with Gasteiger partial charge >= 0.3 is 12.0 Å². The summed E-state index contributed by atoms with van der Waals surface area (Å²) < 4.78 is 5.36. The molecule has 2 aromatic rings. The second-order valence-electron chi connectivity index (χ2n) is 6.24. The van der Waals surface area contributed by atoms with E-state index in [1.54, 1.807) is 12.1 Å². The smallest absolute Gasteiger partial charge is 0.329 e. The molecule has 0 aliphatic heterocycles. The van der Waals surface area contributed by atoms with Crippen molar-refractivity contribution < 1.29 is 14.3 Å². The lowest BCUT2D eigenvalue weighted by atomic mass is 10.0. The number of hydrogen-bond acceptors (Lipinski definition) is 3. The summed E-state index contributed by atoms with van der Waals surface area (Å²) in [6.45, 7) is 4.18. The van der Waals surface area contributed by atoms with Crippen LogP contribution in [0.4, 0.5) is 10.5 Å². The van der Waals surface area contributed by atoms with E-state index in [0.717, 1.165) is 5.56 Å². The molecule has 25 heavy (non-hydrogen) atoms. The Morgan fingerprint density at radius 1 is 0.960 bits per heavy atom. The lowest BCUT2D eigenvalue weighted by Gasteiger charge is -2.19. The Kier molecular flexibility index (Phi) is 7.01. The maximum Gasteiger partial charge on any atom is 0.329 e. The van der Waals surface area contributed by atoms with Gasteiger partial charge in [-0.1, -0.05) is 62.4 Å². The van der Waals surface area contributed by atoms with E-state index >= 15 is 0 Å². The van der Waals surface area contributed by atoms with Crippen LogP contribution >= 0.6 is 0 Å². The number of amides is 2. The van der Waals surface area contributed by atoms with E-state index < -0.39 is 18.0 Å². The van der Waals surface area contributed by atoms with Crippen molar-refractivity contribution in [3.8, 4) is 0 Å². The van der Waals surface area contributed by atoms with Crippen molar-refractivity contribution >= 4 is 17.7 Å². The largest absolute Gasteiger partial charge is 0.459 e. The maximum absolute atomic E-state index is 12.4. The molecule has 0 fully saturated rings. The number of para-hydroxylation sites is 1. The number of anilines is 1. The fourth-order valence-corrected chi connectivity index (χ4v) is 2.36. The van der Waals surface area contributed by atoms with Gasteiger partial charge in [0.25, 0.3) is 0 Å². The number of carbonyl (C=O) groups is 2. The van der Waals surface area contributed by atoms with Gasteiger partial charge in [-0.2, -0.15) is 0 Å². The highest BCUT2D eigenvalue weighted by molar-refractivity contribution is 5.92. The number of benzene rings is 2. The average Bonchev–Trinajstić information content (AvgIpc) is 2.60. The van der Waals surface area contributed by atoms with Crippen LogP contribution in [-0.4, -0.2) is 18.0 Å². The van der Waals surface area contributed by atoms with Gasteiger partial charge in [0.05, 0.1) is 0 Å². The minimum atomic E-state index is -0.688. The topological polar surface area (TPSA) is 67.4 Å². The van der Waals surface area contributed by atoms with Crippen LogP contribution in [0.3, 0.4) is 0 Å².